The lowest BCUT2D eigenvalue weighted by Gasteiger charge is -2.06. The van der Waals surface area contributed by atoms with Crippen molar-refractivity contribution in [2.24, 2.45) is 5.73 Å². The van der Waals surface area contributed by atoms with Crippen LogP contribution in [0, 0.1) is 6.92 Å². The maximum atomic E-state index is 5.54. The highest BCUT2D eigenvalue weighted by Crippen LogP contribution is 2.12. The number of anilines is 2. The van der Waals surface area contributed by atoms with Gasteiger partial charge in [-0.25, -0.2) is 4.98 Å². The number of pyridine rings is 1. The van der Waals surface area contributed by atoms with E-state index < -0.39 is 0 Å². The predicted molar refractivity (Wildman–Crippen MR) is 50.9 cm³/mol. The quantitative estimate of drug-likeness (QED) is 0.605. The van der Waals surface area contributed by atoms with Crippen LogP contribution in [0.3, 0.4) is 0 Å². The van der Waals surface area contributed by atoms with Crippen molar-refractivity contribution in [2.75, 3.05) is 24.1 Å². The topological polar surface area (TPSA) is 77.0 Å². The Kier molecular flexibility index (Phi) is 2.88. The number of nitrogens with zero attached hydrogens (tertiary/aromatic N) is 1. The molecule has 5 N–H and O–H groups in total. The van der Waals surface area contributed by atoms with Gasteiger partial charge in [0.05, 0.1) is 11.9 Å². The molecule has 0 unspecified atom stereocenters. The molecule has 0 aromatic carbocycles. The number of nitrogen functional groups attached to an aromatic ring is 1. The number of aromatic nitrogens is 1. The molecule has 0 saturated heterocycles. The van der Waals surface area contributed by atoms with Crippen LogP contribution < -0.4 is 16.8 Å². The average Bonchev–Trinajstić information content (AvgIpc) is 2.03. The molecule has 1 heterocycles. The molecule has 1 aromatic rings. The van der Waals surface area contributed by atoms with Crippen molar-refractivity contribution in [3.8, 4) is 0 Å². The van der Waals surface area contributed by atoms with Gasteiger partial charge in [0.1, 0.15) is 5.82 Å². The molecule has 12 heavy (non-hydrogen) atoms. The van der Waals surface area contributed by atoms with Crippen LogP contribution in [0.2, 0.25) is 0 Å². The SMILES string of the molecule is Cc1cc(N)cnc1NCCN. The van der Waals surface area contributed by atoms with Gasteiger partial charge in [0.25, 0.3) is 0 Å². The number of nitrogens with one attached hydrogen (secondary N) is 1. The predicted octanol–water partition coefficient (Wildman–Crippen LogP) is 0.343. The average molecular weight is 166 g/mol. The van der Waals surface area contributed by atoms with E-state index in [1.165, 1.54) is 0 Å². The van der Waals surface area contributed by atoms with Gasteiger partial charge >= 0.3 is 0 Å². The normalized spacial score (nSPS) is 9.83. The van der Waals surface area contributed by atoms with E-state index in [0.29, 0.717) is 12.2 Å². The van der Waals surface area contributed by atoms with E-state index in [2.05, 4.69) is 10.3 Å². The first-order valence-corrected chi connectivity index (χ1v) is 3.90. The molecule has 0 aliphatic carbocycles. The van der Waals surface area contributed by atoms with Gasteiger partial charge < -0.3 is 16.8 Å². The number of rotatable bonds is 3. The Bertz CT molecular complexity index is 259. The van der Waals surface area contributed by atoms with Crippen LogP contribution in [0.5, 0.6) is 0 Å². The van der Waals surface area contributed by atoms with Crippen LogP contribution in [-0.2, 0) is 0 Å². The molecule has 66 valence electrons. The molecule has 0 aliphatic heterocycles. The maximum absolute atomic E-state index is 5.54. The lowest BCUT2D eigenvalue weighted by atomic mass is 10.2. The molecule has 0 radical (unpaired) electrons. The van der Waals surface area contributed by atoms with Gasteiger partial charge in [0.2, 0.25) is 0 Å². The second-order valence-electron chi connectivity index (χ2n) is 2.65. The summed E-state index contributed by atoms with van der Waals surface area (Å²) in [4.78, 5) is 4.12. The second-order valence-corrected chi connectivity index (χ2v) is 2.65. The molecular formula is C8H14N4. The lowest BCUT2D eigenvalue weighted by Crippen LogP contribution is -2.14. The summed E-state index contributed by atoms with van der Waals surface area (Å²) in [5.41, 5.74) is 12.6. The molecule has 0 aliphatic rings. The Labute approximate surface area is 72.0 Å². The molecule has 0 fully saturated rings. The summed E-state index contributed by atoms with van der Waals surface area (Å²) >= 11 is 0. The van der Waals surface area contributed by atoms with E-state index >= 15 is 0 Å². The molecule has 4 heteroatoms. The summed E-state index contributed by atoms with van der Waals surface area (Å²) < 4.78 is 0. The maximum Gasteiger partial charge on any atom is 0.129 e. The summed E-state index contributed by atoms with van der Waals surface area (Å²) in [6.45, 7) is 3.30. The van der Waals surface area contributed by atoms with E-state index in [4.69, 9.17) is 11.5 Å². The Morgan fingerprint density at radius 3 is 2.92 bits per heavy atom. The van der Waals surface area contributed by atoms with Crippen LogP contribution >= 0.6 is 0 Å². The van der Waals surface area contributed by atoms with E-state index in [-0.39, 0.29) is 0 Å². The third kappa shape index (κ3) is 2.10. The second kappa shape index (κ2) is 3.92. The minimum Gasteiger partial charge on any atom is -0.397 e. The first kappa shape index (κ1) is 8.80. The highest BCUT2D eigenvalue weighted by molar-refractivity contribution is 5.50. The zero-order valence-corrected chi connectivity index (χ0v) is 7.17. The van der Waals surface area contributed by atoms with E-state index in [9.17, 15) is 0 Å². The van der Waals surface area contributed by atoms with Gasteiger partial charge in [-0.05, 0) is 18.6 Å². The van der Waals surface area contributed by atoms with Crippen molar-refractivity contribution in [1.29, 1.82) is 0 Å². The first-order chi connectivity index (χ1) is 5.74. The van der Waals surface area contributed by atoms with Gasteiger partial charge in [0, 0.05) is 13.1 Å². The summed E-state index contributed by atoms with van der Waals surface area (Å²) in [5, 5.41) is 3.10. The molecule has 0 spiro atoms. The minimum atomic E-state index is 0.603. The lowest BCUT2D eigenvalue weighted by molar-refractivity contribution is 1.01. The van der Waals surface area contributed by atoms with Gasteiger partial charge in [0.15, 0.2) is 0 Å². The van der Waals surface area contributed by atoms with Crippen LogP contribution in [0.15, 0.2) is 12.3 Å². The highest BCUT2D eigenvalue weighted by Gasteiger charge is 1.97. The van der Waals surface area contributed by atoms with Crippen molar-refractivity contribution in [1.82, 2.24) is 4.98 Å². The van der Waals surface area contributed by atoms with Gasteiger partial charge in [-0.15, -0.1) is 0 Å². The molecular weight excluding hydrogens is 152 g/mol. The number of hydrogen-bond acceptors (Lipinski definition) is 4. The zero-order valence-electron chi connectivity index (χ0n) is 7.17. The standard InChI is InChI=1S/C8H14N4/c1-6-4-7(10)5-12-8(6)11-3-2-9/h4-5H,2-3,9-10H2,1H3,(H,11,12). The van der Waals surface area contributed by atoms with Crippen molar-refractivity contribution < 1.29 is 0 Å². The summed E-state index contributed by atoms with van der Waals surface area (Å²) in [7, 11) is 0. The Morgan fingerprint density at radius 2 is 2.33 bits per heavy atom. The molecule has 1 rings (SSSR count). The Hall–Kier alpha value is -1.29. The Morgan fingerprint density at radius 1 is 1.58 bits per heavy atom. The van der Waals surface area contributed by atoms with E-state index in [1.54, 1.807) is 6.20 Å². The fourth-order valence-electron chi connectivity index (χ4n) is 0.972. The van der Waals surface area contributed by atoms with Crippen molar-refractivity contribution >= 4 is 11.5 Å². The van der Waals surface area contributed by atoms with Crippen molar-refractivity contribution in [2.45, 2.75) is 6.92 Å². The van der Waals surface area contributed by atoms with Gasteiger partial charge in [-0.3, -0.25) is 0 Å². The summed E-state index contributed by atoms with van der Waals surface area (Å²) in [6, 6.07) is 1.88. The largest absolute Gasteiger partial charge is 0.397 e. The number of nitrogens with two attached hydrogens (primary N) is 2. The monoisotopic (exact) mass is 166 g/mol. The van der Waals surface area contributed by atoms with Crippen molar-refractivity contribution in [3.05, 3.63) is 17.8 Å². The third-order valence-electron chi connectivity index (χ3n) is 1.54. The summed E-state index contributed by atoms with van der Waals surface area (Å²) in [6.07, 6.45) is 1.63. The van der Waals surface area contributed by atoms with E-state index in [0.717, 1.165) is 17.9 Å². The Balaban J connectivity index is 2.72. The molecule has 4 nitrogen and oxygen atoms in total. The van der Waals surface area contributed by atoms with Crippen LogP contribution in [0.4, 0.5) is 11.5 Å². The molecule has 0 atom stereocenters. The molecule has 0 saturated carbocycles. The molecule has 1 aromatic heterocycles. The third-order valence-corrected chi connectivity index (χ3v) is 1.54. The minimum absolute atomic E-state index is 0.603. The molecule has 0 amide bonds. The fourth-order valence-corrected chi connectivity index (χ4v) is 0.972. The number of hydrogen-bond donors (Lipinski definition) is 3. The zero-order chi connectivity index (χ0) is 8.97. The van der Waals surface area contributed by atoms with Crippen molar-refractivity contribution in [3.63, 3.8) is 0 Å². The van der Waals surface area contributed by atoms with Gasteiger partial charge in [-0.2, -0.15) is 0 Å². The van der Waals surface area contributed by atoms with Gasteiger partial charge in [-0.1, -0.05) is 0 Å². The highest BCUT2D eigenvalue weighted by atomic mass is 15.0. The first-order valence-electron chi connectivity index (χ1n) is 3.90. The van der Waals surface area contributed by atoms with E-state index in [1.807, 2.05) is 13.0 Å². The summed E-state index contributed by atoms with van der Waals surface area (Å²) in [5.74, 6) is 0.856. The number of aryl methyl sites for hydroxylation is 1. The van der Waals surface area contributed by atoms with Crippen LogP contribution in [-0.4, -0.2) is 18.1 Å². The smallest absolute Gasteiger partial charge is 0.129 e. The fraction of sp³-hybridized carbons (Fsp3) is 0.375. The van der Waals surface area contributed by atoms with Crippen LogP contribution in [0.1, 0.15) is 5.56 Å². The molecule has 0 bridgehead atoms. The van der Waals surface area contributed by atoms with Crippen LogP contribution in [0.25, 0.3) is 0 Å².